The summed E-state index contributed by atoms with van der Waals surface area (Å²) in [7, 11) is 0. The van der Waals surface area contributed by atoms with Gasteiger partial charge in [-0.05, 0) is 81.1 Å². The summed E-state index contributed by atoms with van der Waals surface area (Å²) in [5.74, 6) is 6.38. The lowest BCUT2D eigenvalue weighted by Crippen LogP contribution is -2.69. The van der Waals surface area contributed by atoms with Gasteiger partial charge in [-0.3, -0.25) is 14.9 Å². The van der Waals surface area contributed by atoms with Gasteiger partial charge in [-0.15, -0.1) is 0 Å². The van der Waals surface area contributed by atoms with Crippen LogP contribution in [0.2, 0.25) is 0 Å². The Kier molecular flexibility index (Phi) is 4.30. The number of hydrogen-bond acceptors (Lipinski definition) is 4. The summed E-state index contributed by atoms with van der Waals surface area (Å²) in [5, 5.41) is 18.0. The van der Waals surface area contributed by atoms with E-state index in [1.54, 1.807) is 0 Å². The Bertz CT molecular complexity index is 1910. The van der Waals surface area contributed by atoms with Gasteiger partial charge in [0.2, 0.25) is 17.3 Å². The van der Waals surface area contributed by atoms with E-state index in [1.165, 1.54) is 0 Å². The molecule has 0 aromatic heterocycles. The van der Waals surface area contributed by atoms with Gasteiger partial charge in [0.25, 0.3) is 0 Å². The van der Waals surface area contributed by atoms with Gasteiger partial charge in [0.1, 0.15) is 16.6 Å². The minimum atomic E-state index is -0.986. The lowest BCUT2D eigenvalue weighted by Gasteiger charge is -2.47. The van der Waals surface area contributed by atoms with Crippen LogP contribution in [0, 0.1) is 28.4 Å². The standard InChI is InChI=1S/C36H29N3O3/c1-33(2)28-21-35-31(40)36(35)18-7-19-38(36)32(41)34(28,37-35)20-27-26-11-6-10-25(29(26)39(42)30(27)33)24-16-14-23(15-17-24)13-12-22-8-4-3-5-9-22/h3-6,8-11,14-17,20,28,37H,7,18-19,21H2,1-2H3/t28?,34-,35?,36+/m0/s1. The molecule has 4 heterocycles. The summed E-state index contributed by atoms with van der Waals surface area (Å²) < 4.78 is 1.10. The molecule has 3 spiro atoms. The Morgan fingerprint density at radius 3 is 2.40 bits per heavy atom. The lowest BCUT2D eigenvalue weighted by atomic mass is 9.59. The molecule has 4 aliphatic heterocycles. The summed E-state index contributed by atoms with van der Waals surface area (Å²) in [6, 6.07) is 23.8. The van der Waals surface area contributed by atoms with E-state index in [-0.39, 0.29) is 17.6 Å². The van der Waals surface area contributed by atoms with Crippen molar-refractivity contribution in [1.82, 2.24) is 10.2 Å². The third-order valence-electron chi connectivity index (χ3n) is 11.0. The molecule has 2 unspecified atom stereocenters. The Morgan fingerprint density at radius 2 is 1.64 bits per heavy atom. The highest BCUT2D eigenvalue weighted by molar-refractivity contribution is 6.31. The van der Waals surface area contributed by atoms with Gasteiger partial charge < -0.3 is 10.1 Å². The first-order valence-electron chi connectivity index (χ1n) is 14.8. The number of piperazine rings is 1. The fraction of sp³-hybridized carbons (Fsp3) is 0.306. The number of benzene rings is 3. The van der Waals surface area contributed by atoms with Crippen molar-refractivity contribution in [3.05, 3.63) is 101 Å². The van der Waals surface area contributed by atoms with Crippen LogP contribution in [0.3, 0.4) is 0 Å². The van der Waals surface area contributed by atoms with Gasteiger partial charge in [0.05, 0.1) is 22.1 Å². The summed E-state index contributed by atoms with van der Waals surface area (Å²) in [6.07, 6.45) is 4.18. The zero-order chi connectivity index (χ0) is 28.6. The van der Waals surface area contributed by atoms with Crippen LogP contribution in [0.15, 0.2) is 78.9 Å². The lowest BCUT2D eigenvalue weighted by molar-refractivity contribution is -0.361. The number of nitrogens with one attached hydrogen (secondary N) is 1. The van der Waals surface area contributed by atoms with Crippen molar-refractivity contribution in [1.29, 1.82) is 0 Å². The molecule has 3 aromatic rings. The molecule has 6 nitrogen and oxygen atoms in total. The number of para-hydroxylation sites is 1. The van der Waals surface area contributed by atoms with E-state index in [4.69, 9.17) is 0 Å². The highest BCUT2D eigenvalue weighted by Crippen LogP contribution is 2.70. The second-order valence-corrected chi connectivity index (χ2v) is 13.2. The minimum Gasteiger partial charge on any atom is -0.618 e. The van der Waals surface area contributed by atoms with E-state index in [1.807, 2.05) is 83.8 Å². The van der Waals surface area contributed by atoms with E-state index in [9.17, 15) is 14.8 Å². The molecule has 206 valence electrons. The zero-order valence-electron chi connectivity index (χ0n) is 23.5. The molecule has 3 aromatic carbocycles. The zero-order valence-corrected chi connectivity index (χ0v) is 23.5. The molecule has 1 amide bonds. The Balaban J connectivity index is 1.16. The monoisotopic (exact) mass is 551 g/mol. The van der Waals surface area contributed by atoms with Crippen LogP contribution in [-0.2, 0) is 9.59 Å². The number of nitrogens with zero attached hydrogens (tertiary/aromatic N) is 2. The minimum absolute atomic E-state index is 0.00199. The van der Waals surface area contributed by atoms with Gasteiger partial charge in [-0.2, -0.15) is 4.74 Å². The van der Waals surface area contributed by atoms with Crippen molar-refractivity contribution < 1.29 is 14.3 Å². The highest BCUT2D eigenvalue weighted by atomic mass is 16.5. The molecule has 6 aliphatic rings. The first kappa shape index (κ1) is 24.2. The van der Waals surface area contributed by atoms with E-state index in [0.29, 0.717) is 24.4 Å². The van der Waals surface area contributed by atoms with Crippen LogP contribution >= 0.6 is 0 Å². The van der Waals surface area contributed by atoms with Crippen LogP contribution in [0.5, 0.6) is 0 Å². The van der Waals surface area contributed by atoms with Crippen LogP contribution in [0.1, 0.15) is 49.8 Å². The van der Waals surface area contributed by atoms with Gasteiger partial charge in [0.15, 0.2) is 5.78 Å². The smallest absolute Gasteiger partial charge is 0.248 e. The molecular formula is C36H29N3O3. The number of Topliss-reactive ketones (excluding diaryl/α,β-unsaturated/α-hetero) is 1. The number of amides is 1. The average molecular weight is 552 g/mol. The predicted octanol–water partition coefficient (Wildman–Crippen LogP) is 4.82. The summed E-state index contributed by atoms with van der Waals surface area (Å²) >= 11 is 0. The molecule has 4 atom stereocenters. The van der Waals surface area contributed by atoms with Crippen molar-refractivity contribution in [3.8, 4) is 23.0 Å². The summed E-state index contributed by atoms with van der Waals surface area (Å²) in [5.41, 5.74) is 3.61. The molecule has 2 bridgehead atoms. The normalized spacial score (nSPS) is 32.3. The maximum absolute atomic E-state index is 14.3. The maximum atomic E-state index is 14.3. The third kappa shape index (κ3) is 2.56. The number of fused-ring (bicyclic) bond motifs is 3. The molecule has 4 fully saturated rings. The van der Waals surface area contributed by atoms with E-state index < -0.39 is 22.0 Å². The van der Waals surface area contributed by atoms with Crippen molar-refractivity contribution in [2.45, 2.75) is 49.7 Å². The molecule has 9 rings (SSSR count). The fourth-order valence-electron chi connectivity index (χ4n) is 9.18. The largest absolute Gasteiger partial charge is 0.618 e. The Labute approximate surface area is 244 Å². The number of ketones is 1. The highest BCUT2D eigenvalue weighted by Gasteiger charge is 2.91. The molecule has 42 heavy (non-hydrogen) atoms. The van der Waals surface area contributed by atoms with Gasteiger partial charge >= 0.3 is 0 Å². The van der Waals surface area contributed by atoms with Crippen molar-refractivity contribution in [3.63, 3.8) is 0 Å². The van der Waals surface area contributed by atoms with Crippen molar-refractivity contribution in [2.75, 3.05) is 6.54 Å². The molecular weight excluding hydrogens is 522 g/mol. The first-order chi connectivity index (χ1) is 20.2. The number of carbonyl (C=O) groups is 2. The van der Waals surface area contributed by atoms with Crippen LogP contribution in [0.4, 0.5) is 5.69 Å². The molecule has 6 heteroatoms. The predicted molar refractivity (Wildman–Crippen MR) is 160 cm³/mol. The second kappa shape index (κ2) is 7.48. The average Bonchev–Trinajstić information content (AvgIpc) is 3.44. The van der Waals surface area contributed by atoms with Gasteiger partial charge in [-0.1, -0.05) is 48.2 Å². The molecule has 3 saturated heterocycles. The van der Waals surface area contributed by atoms with E-state index >= 15 is 0 Å². The maximum Gasteiger partial charge on any atom is 0.248 e. The fourth-order valence-corrected chi connectivity index (χ4v) is 9.18. The van der Waals surface area contributed by atoms with Gasteiger partial charge in [-0.25, -0.2) is 0 Å². The molecule has 2 aliphatic carbocycles. The van der Waals surface area contributed by atoms with Gasteiger partial charge in [0, 0.05) is 23.6 Å². The first-order valence-corrected chi connectivity index (χ1v) is 14.8. The van der Waals surface area contributed by atoms with Crippen LogP contribution < -0.4 is 5.32 Å². The third-order valence-corrected chi connectivity index (χ3v) is 11.0. The van der Waals surface area contributed by atoms with Crippen LogP contribution in [-0.4, -0.2) is 50.2 Å². The summed E-state index contributed by atoms with van der Waals surface area (Å²) in [6.45, 7) is 4.79. The topological polar surface area (TPSA) is 75.5 Å². The Morgan fingerprint density at radius 1 is 0.929 bits per heavy atom. The van der Waals surface area contributed by atoms with E-state index in [0.717, 1.165) is 51.0 Å². The molecule has 1 N–H and O–H groups in total. The SMILES string of the molecule is CC1(C)C2=[N+]([O-])c3c(cccc3-c3ccc(C#Cc4ccccc4)cc3)C2=C[C@]23NC4(CC12)C(=O)[C@]41CCCN1C3=O. The number of carbonyl (C=O) groups excluding carboxylic acids is 2. The van der Waals surface area contributed by atoms with Crippen molar-refractivity contribution in [2.24, 2.45) is 11.3 Å². The number of allylic oxidation sites excluding steroid dienone is 1. The van der Waals surface area contributed by atoms with Crippen LogP contribution in [0.25, 0.3) is 16.7 Å². The summed E-state index contributed by atoms with van der Waals surface area (Å²) in [4.78, 5) is 29.6. The Hall–Kier alpha value is -4.47. The molecule has 1 saturated carbocycles. The second-order valence-electron chi connectivity index (χ2n) is 13.2. The van der Waals surface area contributed by atoms with E-state index in [2.05, 4.69) is 31.0 Å². The van der Waals surface area contributed by atoms with Crippen molar-refractivity contribution >= 4 is 28.7 Å². The molecule has 0 radical (unpaired) electrons. The number of hydrogen-bond donors (Lipinski definition) is 1. The number of rotatable bonds is 1. The quantitative estimate of drug-likeness (QED) is 0.267.